The zero-order chi connectivity index (χ0) is 15.3. The van der Waals surface area contributed by atoms with Gasteiger partial charge in [0.2, 0.25) is 0 Å². The van der Waals surface area contributed by atoms with Crippen LogP contribution in [0.15, 0.2) is 0 Å². The highest BCUT2D eigenvalue weighted by Gasteiger charge is 2.29. The smallest absolute Gasteiger partial charge is 0.268 e. The molecule has 0 aliphatic rings. The number of amides is 1. The quantitative estimate of drug-likeness (QED) is 0.753. The number of carbonyl (C=O) groups is 1. The van der Waals surface area contributed by atoms with Gasteiger partial charge in [0.25, 0.3) is 5.91 Å². The Morgan fingerprint density at radius 3 is 2.75 bits per heavy atom. The maximum absolute atomic E-state index is 12.5. The number of anilines is 2. The van der Waals surface area contributed by atoms with Gasteiger partial charge in [-0.1, -0.05) is 18.3 Å². The number of nitrogen functional groups attached to an aromatic ring is 1. The number of thiazole rings is 1. The molecule has 0 fully saturated rings. The number of methoxy groups -OCH3 is 1. The summed E-state index contributed by atoms with van der Waals surface area (Å²) in [7, 11) is 3.43. The second-order valence-corrected chi connectivity index (χ2v) is 6.18. The Hall–Kier alpha value is -1.34. The van der Waals surface area contributed by atoms with E-state index in [1.54, 1.807) is 19.1 Å². The van der Waals surface area contributed by atoms with Gasteiger partial charge in [-0.05, 0) is 20.3 Å². The highest BCUT2D eigenvalue weighted by molar-refractivity contribution is 7.18. The van der Waals surface area contributed by atoms with Gasteiger partial charge in [-0.2, -0.15) is 0 Å². The molecule has 0 aliphatic heterocycles. The van der Waals surface area contributed by atoms with Crippen molar-refractivity contribution in [2.75, 3.05) is 38.4 Å². The van der Waals surface area contributed by atoms with E-state index in [1.807, 2.05) is 13.8 Å². The van der Waals surface area contributed by atoms with Crippen LogP contribution in [0.5, 0.6) is 0 Å². The highest BCUT2D eigenvalue weighted by atomic mass is 32.1. The maximum Gasteiger partial charge on any atom is 0.268 e. The summed E-state index contributed by atoms with van der Waals surface area (Å²) < 4.78 is 4.95. The van der Waals surface area contributed by atoms with E-state index in [0.29, 0.717) is 23.2 Å². The van der Waals surface area contributed by atoms with Crippen molar-refractivity contribution >= 4 is 28.2 Å². The summed E-state index contributed by atoms with van der Waals surface area (Å²) in [5.74, 6) is 0.185. The minimum Gasteiger partial charge on any atom is -0.383 e. The molecule has 0 unspecified atom stereocenters. The molecule has 6 nitrogen and oxygen atoms in total. The number of aromatic nitrogens is 1. The molecule has 0 saturated carbocycles. The first-order valence-corrected chi connectivity index (χ1v) is 7.42. The monoisotopic (exact) mass is 300 g/mol. The molecule has 114 valence electrons. The molecule has 1 aromatic rings. The molecular weight excluding hydrogens is 276 g/mol. The first kappa shape index (κ1) is 16.7. The number of nitrogens with zero attached hydrogens (tertiary/aromatic N) is 2. The maximum atomic E-state index is 12.5. The van der Waals surface area contributed by atoms with Gasteiger partial charge >= 0.3 is 0 Å². The zero-order valence-electron chi connectivity index (χ0n) is 12.8. The number of hydrogen-bond acceptors (Lipinski definition) is 6. The minimum atomic E-state index is -0.211. The molecule has 0 aliphatic carbocycles. The molecular formula is C13H24N4O2S. The van der Waals surface area contributed by atoms with Crippen LogP contribution in [-0.4, -0.2) is 48.6 Å². The van der Waals surface area contributed by atoms with Gasteiger partial charge in [-0.25, -0.2) is 4.98 Å². The predicted molar refractivity (Wildman–Crippen MR) is 83.4 cm³/mol. The molecule has 3 N–H and O–H groups in total. The number of nitrogens with one attached hydrogen (secondary N) is 1. The van der Waals surface area contributed by atoms with Gasteiger partial charge in [-0.3, -0.25) is 4.79 Å². The molecule has 1 heterocycles. The normalized spacial score (nSPS) is 11.4. The average Bonchev–Trinajstić information content (AvgIpc) is 2.78. The third-order valence-electron chi connectivity index (χ3n) is 3.51. The van der Waals surface area contributed by atoms with Crippen molar-refractivity contribution in [3.63, 3.8) is 0 Å². The fourth-order valence-corrected chi connectivity index (χ4v) is 2.37. The van der Waals surface area contributed by atoms with Gasteiger partial charge in [0.15, 0.2) is 5.13 Å². The summed E-state index contributed by atoms with van der Waals surface area (Å²) in [5, 5.41) is 3.73. The lowest BCUT2D eigenvalue weighted by Gasteiger charge is -2.34. The van der Waals surface area contributed by atoms with Crippen LogP contribution in [0.2, 0.25) is 0 Å². The number of nitrogens with two attached hydrogens (primary N) is 1. The molecule has 0 saturated heterocycles. The van der Waals surface area contributed by atoms with Crippen molar-refractivity contribution in [1.29, 1.82) is 0 Å². The first-order valence-electron chi connectivity index (χ1n) is 6.60. The van der Waals surface area contributed by atoms with Crippen LogP contribution in [-0.2, 0) is 4.74 Å². The molecule has 20 heavy (non-hydrogen) atoms. The number of carbonyl (C=O) groups excluding carboxylic acids is 1. The van der Waals surface area contributed by atoms with E-state index in [9.17, 15) is 4.79 Å². The number of rotatable bonds is 7. The Morgan fingerprint density at radius 1 is 1.55 bits per heavy atom. The largest absolute Gasteiger partial charge is 0.383 e. The SMILES string of the molecule is CCC(C)(C)N(C)C(=O)c1sc(NCCOC)nc1N. The van der Waals surface area contributed by atoms with E-state index < -0.39 is 0 Å². The first-order chi connectivity index (χ1) is 9.33. The van der Waals surface area contributed by atoms with E-state index in [2.05, 4.69) is 17.2 Å². The Labute approximate surface area is 124 Å². The zero-order valence-corrected chi connectivity index (χ0v) is 13.6. The molecule has 0 atom stereocenters. The van der Waals surface area contributed by atoms with Crippen molar-refractivity contribution in [2.45, 2.75) is 32.7 Å². The van der Waals surface area contributed by atoms with Crippen LogP contribution in [0.1, 0.15) is 36.9 Å². The van der Waals surface area contributed by atoms with E-state index >= 15 is 0 Å². The van der Waals surface area contributed by atoms with Gasteiger partial charge in [0, 0.05) is 26.2 Å². The van der Waals surface area contributed by atoms with Crippen LogP contribution >= 0.6 is 11.3 Å². The second kappa shape index (κ2) is 6.90. The Bertz CT molecular complexity index is 459. The topological polar surface area (TPSA) is 80.5 Å². The van der Waals surface area contributed by atoms with Gasteiger partial charge < -0.3 is 20.7 Å². The Morgan fingerprint density at radius 2 is 2.20 bits per heavy atom. The lowest BCUT2D eigenvalue weighted by atomic mass is 10.00. The van der Waals surface area contributed by atoms with Gasteiger partial charge in [0.1, 0.15) is 10.7 Å². The molecule has 1 rings (SSSR count). The summed E-state index contributed by atoms with van der Waals surface area (Å²) in [4.78, 5) is 18.9. The number of ether oxygens (including phenoxy) is 1. The third-order valence-corrected chi connectivity index (χ3v) is 4.52. The van der Waals surface area contributed by atoms with E-state index in [-0.39, 0.29) is 17.3 Å². The van der Waals surface area contributed by atoms with Crippen molar-refractivity contribution in [3.8, 4) is 0 Å². The summed E-state index contributed by atoms with van der Waals surface area (Å²) >= 11 is 1.28. The summed E-state index contributed by atoms with van der Waals surface area (Å²) in [5.41, 5.74) is 5.64. The summed E-state index contributed by atoms with van der Waals surface area (Å²) in [6.07, 6.45) is 0.868. The molecule has 0 spiro atoms. The lowest BCUT2D eigenvalue weighted by Crippen LogP contribution is -2.44. The molecule has 0 aromatic carbocycles. The molecule has 0 radical (unpaired) electrons. The number of hydrogen-bond donors (Lipinski definition) is 2. The highest BCUT2D eigenvalue weighted by Crippen LogP contribution is 2.28. The third kappa shape index (κ3) is 3.83. The van der Waals surface area contributed by atoms with Crippen molar-refractivity contribution < 1.29 is 9.53 Å². The molecule has 1 aromatic heterocycles. The summed E-state index contributed by atoms with van der Waals surface area (Å²) in [6, 6.07) is 0. The van der Waals surface area contributed by atoms with Crippen LogP contribution in [0, 0.1) is 0 Å². The van der Waals surface area contributed by atoms with Crippen molar-refractivity contribution in [2.24, 2.45) is 0 Å². The van der Waals surface area contributed by atoms with Crippen LogP contribution in [0.3, 0.4) is 0 Å². The van der Waals surface area contributed by atoms with Gasteiger partial charge in [-0.15, -0.1) is 0 Å². The lowest BCUT2D eigenvalue weighted by molar-refractivity contribution is 0.0626. The minimum absolute atomic E-state index is 0.0911. The van der Waals surface area contributed by atoms with Crippen molar-refractivity contribution in [3.05, 3.63) is 4.88 Å². The standard InChI is InChI=1S/C13H24N4O2S/c1-6-13(2,3)17(4)11(18)9-10(14)16-12(20-9)15-7-8-19-5/h6-8,14H2,1-5H3,(H,15,16). The average molecular weight is 300 g/mol. The van der Waals surface area contributed by atoms with Gasteiger partial charge in [0.05, 0.1) is 6.61 Å². The summed E-state index contributed by atoms with van der Waals surface area (Å²) in [6.45, 7) is 7.32. The molecule has 1 amide bonds. The fraction of sp³-hybridized carbons (Fsp3) is 0.692. The molecule has 0 bridgehead atoms. The fourth-order valence-electron chi connectivity index (χ4n) is 1.49. The van der Waals surface area contributed by atoms with Crippen LogP contribution < -0.4 is 11.1 Å². The second-order valence-electron chi connectivity index (χ2n) is 5.18. The van der Waals surface area contributed by atoms with Crippen LogP contribution in [0.4, 0.5) is 10.9 Å². The van der Waals surface area contributed by atoms with Crippen LogP contribution in [0.25, 0.3) is 0 Å². The van der Waals surface area contributed by atoms with E-state index in [4.69, 9.17) is 10.5 Å². The Balaban J connectivity index is 2.83. The predicted octanol–water partition coefficient (Wildman–Crippen LogP) is 2.04. The van der Waals surface area contributed by atoms with E-state index in [1.165, 1.54) is 11.3 Å². The van der Waals surface area contributed by atoms with Crippen molar-refractivity contribution in [1.82, 2.24) is 9.88 Å². The Kier molecular flexibility index (Phi) is 5.76. The molecule has 7 heteroatoms. The van der Waals surface area contributed by atoms with E-state index in [0.717, 1.165) is 6.42 Å².